The van der Waals surface area contributed by atoms with Crippen LogP contribution in [0.15, 0.2) is 23.1 Å². The second-order valence-electron chi connectivity index (χ2n) is 5.76. The van der Waals surface area contributed by atoms with Crippen molar-refractivity contribution in [3.05, 3.63) is 29.6 Å². The van der Waals surface area contributed by atoms with Gasteiger partial charge < -0.3 is 10.1 Å². The fourth-order valence-corrected chi connectivity index (χ4v) is 4.52. The van der Waals surface area contributed by atoms with Gasteiger partial charge in [-0.3, -0.25) is 0 Å². The van der Waals surface area contributed by atoms with Crippen molar-refractivity contribution in [1.82, 2.24) is 9.62 Å². The third-order valence-corrected chi connectivity index (χ3v) is 6.18. The highest BCUT2D eigenvalue weighted by Gasteiger charge is 2.33. The van der Waals surface area contributed by atoms with Gasteiger partial charge in [-0.25, -0.2) is 17.6 Å². The number of benzene rings is 1. The number of rotatable bonds is 6. The predicted octanol–water partition coefficient (Wildman–Crippen LogP) is 2.04. The summed E-state index contributed by atoms with van der Waals surface area (Å²) in [6.45, 7) is 4.48. The van der Waals surface area contributed by atoms with Gasteiger partial charge in [0.15, 0.2) is 0 Å². The number of carbonyl (C=O) groups is 1. The van der Waals surface area contributed by atoms with E-state index in [-0.39, 0.29) is 17.3 Å². The minimum Gasteiger partial charge on any atom is -0.465 e. The predicted molar refractivity (Wildman–Crippen MR) is 95.0 cm³/mol. The Morgan fingerprint density at radius 1 is 1.36 bits per heavy atom. The minimum absolute atomic E-state index is 0. The van der Waals surface area contributed by atoms with Crippen LogP contribution in [-0.2, 0) is 14.8 Å². The van der Waals surface area contributed by atoms with Crippen LogP contribution in [0.25, 0.3) is 0 Å². The number of methoxy groups -OCH3 is 1. The maximum absolute atomic E-state index is 14.0. The number of nitrogens with zero attached hydrogens (tertiary/aromatic N) is 1. The number of piperidine rings is 1. The SMILES string of the molecule is CCNCC1CCN(S(=O)(=O)c2cccc(F)c2C(=O)OC)CC1.Cl. The number of esters is 1. The molecular weight excluding hydrogens is 371 g/mol. The van der Waals surface area contributed by atoms with Gasteiger partial charge in [0.1, 0.15) is 11.4 Å². The first-order chi connectivity index (χ1) is 11.4. The molecule has 6 nitrogen and oxygen atoms in total. The van der Waals surface area contributed by atoms with Crippen LogP contribution >= 0.6 is 12.4 Å². The summed E-state index contributed by atoms with van der Waals surface area (Å²) < 4.78 is 45.5. The lowest BCUT2D eigenvalue weighted by atomic mass is 9.98. The molecule has 1 aromatic carbocycles. The van der Waals surface area contributed by atoms with Gasteiger partial charge in [-0.15, -0.1) is 12.4 Å². The number of ether oxygens (including phenoxy) is 1. The maximum Gasteiger partial charge on any atom is 0.342 e. The molecule has 142 valence electrons. The Morgan fingerprint density at radius 2 is 2.00 bits per heavy atom. The Morgan fingerprint density at radius 3 is 2.56 bits per heavy atom. The molecule has 0 unspecified atom stereocenters. The molecule has 0 bridgehead atoms. The van der Waals surface area contributed by atoms with Crippen molar-refractivity contribution in [2.45, 2.75) is 24.7 Å². The molecule has 0 amide bonds. The summed E-state index contributed by atoms with van der Waals surface area (Å²) in [7, 11) is -2.85. The summed E-state index contributed by atoms with van der Waals surface area (Å²) in [5.41, 5.74) is -0.533. The van der Waals surface area contributed by atoms with Crippen LogP contribution < -0.4 is 5.32 Å². The molecule has 1 fully saturated rings. The van der Waals surface area contributed by atoms with Gasteiger partial charge in [0.25, 0.3) is 0 Å². The van der Waals surface area contributed by atoms with Crippen molar-refractivity contribution in [2.75, 3.05) is 33.3 Å². The summed E-state index contributed by atoms with van der Waals surface area (Å²) in [5.74, 6) is -1.47. The first kappa shape index (κ1) is 21.8. The molecular formula is C16H24ClFN2O4S. The highest BCUT2D eigenvalue weighted by atomic mass is 35.5. The zero-order valence-corrected chi connectivity index (χ0v) is 16.0. The van der Waals surface area contributed by atoms with Crippen LogP contribution in [0.3, 0.4) is 0 Å². The zero-order valence-electron chi connectivity index (χ0n) is 14.3. The fraction of sp³-hybridized carbons (Fsp3) is 0.562. The molecule has 0 aromatic heterocycles. The number of nitrogens with one attached hydrogen (secondary N) is 1. The Hall–Kier alpha value is -1.22. The van der Waals surface area contributed by atoms with Crippen molar-refractivity contribution in [3.8, 4) is 0 Å². The van der Waals surface area contributed by atoms with Crippen molar-refractivity contribution < 1.29 is 22.3 Å². The van der Waals surface area contributed by atoms with Gasteiger partial charge >= 0.3 is 5.97 Å². The molecule has 25 heavy (non-hydrogen) atoms. The monoisotopic (exact) mass is 394 g/mol. The summed E-state index contributed by atoms with van der Waals surface area (Å²) in [4.78, 5) is 11.5. The quantitative estimate of drug-likeness (QED) is 0.747. The lowest BCUT2D eigenvalue weighted by Gasteiger charge is -2.31. The second kappa shape index (κ2) is 9.47. The Labute approximate surface area is 154 Å². The highest BCUT2D eigenvalue weighted by molar-refractivity contribution is 7.89. The van der Waals surface area contributed by atoms with Crippen LogP contribution in [0.5, 0.6) is 0 Å². The molecule has 0 saturated carbocycles. The molecule has 0 aliphatic carbocycles. The van der Waals surface area contributed by atoms with Crippen molar-refractivity contribution in [2.24, 2.45) is 5.92 Å². The fourth-order valence-electron chi connectivity index (χ4n) is 2.86. The second-order valence-corrected chi connectivity index (χ2v) is 7.67. The summed E-state index contributed by atoms with van der Waals surface area (Å²) in [5, 5.41) is 3.26. The number of sulfonamides is 1. The molecule has 1 N–H and O–H groups in total. The highest BCUT2D eigenvalue weighted by Crippen LogP contribution is 2.27. The Bertz CT molecular complexity index is 691. The number of hydrogen-bond donors (Lipinski definition) is 1. The average molecular weight is 395 g/mol. The zero-order chi connectivity index (χ0) is 17.7. The van der Waals surface area contributed by atoms with Gasteiger partial charge in [0.05, 0.1) is 12.0 Å². The van der Waals surface area contributed by atoms with E-state index in [1.54, 1.807) is 0 Å². The molecule has 1 saturated heterocycles. The van der Waals surface area contributed by atoms with Crippen molar-refractivity contribution in [1.29, 1.82) is 0 Å². The van der Waals surface area contributed by atoms with E-state index in [1.807, 2.05) is 6.92 Å². The molecule has 1 aliphatic rings. The molecule has 0 spiro atoms. The van der Waals surface area contributed by atoms with Crippen LogP contribution in [-0.4, -0.2) is 52.0 Å². The lowest BCUT2D eigenvalue weighted by Crippen LogP contribution is -2.41. The summed E-state index contributed by atoms with van der Waals surface area (Å²) >= 11 is 0. The van der Waals surface area contributed by atoms with Crippen LogP contribution in [0.4, 0.5) is 4.39 Å². The Kier molecular flexibility index (Phi) is 8.27. The third-order valence-electron chi connectivity index (χ3n) is 4.24. The van der Waals surface area contributed by atoms with Gasteiger partial charge in [-0.2, -0.15) is 4.31 Å². The van der Waals surface area contributed by atoms with Crippen LogP contribution in [0.2, 0.25) is 0 Å². The van der Waals surface area contributed by atoms with Gasteiger partial charge in [0, 0.05) is 13.1 Å². The van der Waals surface area contributed by atoms with Crippen molar-refractivity contribution in [3.63, 3.8) is 0 Å². The lowest BCUT2D eigenvalue weighted by molar-refractivity contribution is 0.0590. The van der Waals surface area contributed by atoms with Crippen molar-refractivity contribution >= 4 is 28.4 Å². The molecule has 0 radical (unpaired) electrons. The van der Waals surface area contributed by atoms with E-state index in [0.29, 0.717) is 19.0 Å². The minimum atomic E-state index is -3.94. The standard InChI is InChI=1S/C16H23FN2O4S.ClH/c1-3-18-11-12-7-9-19(10-8-12)24(21,22)14-6-4-5-13(17)15(14)16(20)23-2;/h4-6,12,18H,3,7-11H2,1-2H3;1H. The topological polar surface area (TPSA) is 75.7 Å². The van der Waals surface area contributed by atoms with E-state index >= 15 is 0 Å². The van der Waals surface area contributed by atoms with Gasteiger partial charge in [-0.05, 0) is 44.0 Å². The number of hydrogen-bond acceptors (Lipinski definition) is 5. The first-order valence-electron chi connectivity index (χ1n) is 7.99. The van der Waals surface area contributed by atoms with E-state index in [2.05, 4.69) is 10.1 Å². The molecule has 1 aliphatic heterocycles. The summed E-state index contributed by atoms with van der Waals surface area (Å²) in [6, 6.07) is 3.58. The van der Waals surface area contributed by atoms with Gasteiger partial charge in [0.2, 0.25) is 10.0 Å². The molecule has 0 atom stereocenters. The largest absolute Gasteiger partial charge is 0.465 e. The van der Waals surface area contributed by atoms with Crippen LogP contribution in [0.1, 0.15) is 30.1 Å². The average Bonchev–Trinajstić information content (AvgIpc) is 2.59. The molecule has 1 aromatic rings. The number of carbonyl (C=O) groups excluding carboxylic acids is 1. The normalized spacial score (nSPS) is 16.3. The van der Waals surface area contributed by atoms with E-state index in [9.17, 15) is 17.6 Å². The van der Waals surface area contributed by atoms with Gasteiger partial charge in [-0.1, -0.05) is 13.0 Å². The Balaban J connectivity index is 0.00000312. The summed E-state index contributed by atoms with van der Waals surface area (Å²) in [6.07, 6.45) is 1.46. The third kappa shape index (κ3) is 4.91. The van der Waals surface area contributed by atoms with E-state index in [1.165, 1.54) is 16.4 Å². The van der Waals surface area contributed by atoms with E-state index in [0.717, 1.165) is 39.1 Å². The molecule has 1 heterocycles. The molecule has 2 rings (SSSR count). The van der Waals surface area contributed by atoms with Crippen LogP contribution in [0, 0.1) is 11.7 Å². The van der Waals surface area contributed by atoms with E-state index in [4.69, 9.17) is 0 Å². The first-order valence-corrected chi connectivity index (χ1v) is 9.43. The molecule has 9 heteroatoms. The smallest absolute Gasteiger partial charge is 0.342 e. The van der Waals surface area contributed by atoms with E-state index < -0.39 is 27.4 Å². The number of halogens is 2. The maximum atomic E-state index is 14.0.